The summed E-state index contributed by atoms with van der Waals surface area (Å²) in [7, 11) is 1.95. The molecule has 1 N–H and O–H groups in total. The zero-order valence-corrected chi connectivity index (χ0v) is 13.6. The Balaban J connectivity index is 2.08. The van der Waals surface area contributed by atoms with Crippen LogP contribution >= 0.6 is 11.6 Å². The molecule has 1 aromatic carbocycles. The number of hydrogen-bond donors (Lipinski definition) is 1. The molecule has 0 aromatic heterocycles. The van der Waals surface area contributed by atoms with Crippen molar-refractivity contribution in [1.82, 2.24) is 10.2 Å². The summed E-state index contributed by atoms with van der Waals surface area (Å²) < 4.78 is 0. The van der Waals surface area contributed by atoms with Crippen molar-refractivity contribution in [3.8, 4) is 0 Å². The summed E-state index contributed by atoms with van der Waals surface area (Å²) in [6.07, 6.45) is 2.25. The summed E-state index contributed by atoms with van der Waals surface area (Å²) in [5, 5.41) is 4.05. The van der Waals surface area contributed by atoms with Crippen molar-refractivity contribution in [3.63, 3.8) is 0 Å². The number of nitrogens with zero attached hydrogens (tertiary/aromatic N) is 2. The van der Waals surface area contributed by atoms with Crippen LogP contribution in [0.25, 0.3) is 0 Å². The molecule has 5 heteroatoms. The van der Waals surface area contributed by atoms with Gasteiger partial charge in [0.2, 0.25) is 5.91 Å². The van der Waals surface area contributed by atoms with Gasteiger partial charge in [0.15, 0.2) is 0 Å². The minimum atomic E-state index is 0.198. The van der Waals surface area contributed by atoms with Gasteiger partial charge >= 0.3 is 0 Å². The fourth-order valence-corrected chi connectivity index (χ4v) is 2.92. The molecule has 1 heterocycles. The lowest BCUT2D eigenvalue weighted by atomic mass is 10.1. The van der Waals surface area contributed by atoms with E-state index in [1.807, 2.05) is 35.0 Å². The van der Waals surface area contributed by atoms with Crippen LogP contribution < -0.4 is 10.2 Å². The minimum Gasteiger partial charge on any atom is -0.365 e. The van der Waals surface area contributed by atoms with Crippen LogP contribution in [-0.4, -0.2) is 44.0 Å². The summed E-state index contributed by atoms with van der Waals surface area (Å²) in [5.74, 6) is 0.198. The Bertz CT molecular complexity index is 486. The van der Waals surface area contributed by atoms with Crippen LogP contribution in [0.15, 0.2) is 18.2 Å². The van der Waals surface area contributed by atoms with Gasteiger partial charge in [-0.3, -0.25) is 4.79 Å². The van der Waals surface area contributed by atoms with Gasteiger partial charge in [0.05, 0.1) is 6.54 Å². The van der Waals surface area contributed by atoms with Crippen molar-refractivity contribution in [2.75, 3.05) is 38.1 Å². The smallest absolute Gasteiger partial charge is 0.242 e. The van der Waals surface area contributed by atoms with E-state index in [0.29, 0.717) is 13.1 Å². The number of nitrogens with one attached hydrogen (secondary N) is 1. The predicted octanol–water partition coefficient (Wildman–Crippen LogP) is 2.51. The summed E-state index contributed by atoms with van der Waals surface area (Å²) in [6.45, 7) is 5.87. The molecule has 0 aliphatic carbocycles. The first-order chi connectivity index (χ1) is 10.1. The lowest BCUT2D eigenvalue weighted by Gasteiger charge is -2.25. The number of halogens is 1. The van der Waals surface area contributed by atoms with Crippen LogP contribution in [-0.2, 0) is 11.3 Å². The van der Waals surface area contributed by atoms with Crippen LogP contribution in [0.2, 0.25) is 5.02 Å². The highest BCUT2D eigenvalue weighted by Gasteiger charge is 2.20. The molecule has 0 atom stereocenters. The first kappa shape index (κ1) is 16.1. The molecule has 1 aromatic rings. The first-order valence-electron chi connectivity index (χ1n) is 7.60. The number of hydrogen-bond acceptors (Lipinski definition) is 3. The largest absolute Gasteiger partial charge is 0.365 e. The Kier molecular flexibility index (Phi) is 5.88. The Morgan fingerprint density at radius 2 is 2.10 bits per heavy atom. The lowest BCUT2D eigenvalue weighted by Crippen LogP contribution is -2.37. The van der Waals surface area contributed by atoms with Gasteiger partial charge in [0, 0.05) is 43.0 Å². The molecular formula is C16H24ClN3O. The SMILES string of the molecule is CCNCc1c(Cl)cccc1N(C)CC(=O)N1CCCC1. The third-order valence-corrected chi connectivity index (χ3v) is 4.24. The second-order valence-corrected chi connectivity index (χ2v) is 5.87. The van der Waals surface area contributed by atoms with E-state index in [2.05, 4.69) is 12.2 Å². The average molecular weight is 310 g/mol. The van der Waals surface area contributed by atoms with Gasteiger partial charge in [-0.15, -0.1) is 0 Å². The van der Waals surface area contributed by atoms with E-state index in [-0.39, 0.29) is 5.91 Å². The number of carbonyl (C=O) groups is 1. The van der Waals surface area contributed by atoms with Crippen LogP contribution in [0.5, 0.6) is 0 Å². The van der Waals surface area contributed by atoms with Crippen molar-refractivity contribution in [3.05, 3.63) is 28.8 Å². The minimum absolute atomic E-state index is 0.198. The van der Waals surface area contributed by atoms with E-state index < -0.39 is 0 Å². The molecule has 0 bridgehead atoms. The second-order valence-electron chi connectivity index (χ2n) is 5.46. The fraction of sp³-hybridized carbons (Fsp3) is 0.562. The number of anilines is 1. The molecule has 1 aliphatic heterocycles. The van der Waals surface area contributed by atoms with Crippen molar-refractivity contribution in [2.24, 2.45) is 0 Å². The molecule has 1 fully saturated rings. The quantitative estimate of drug-likeness (QED) is 0.877. The molecule has 0 spiro atoms. The van der Waals surface area contributed by atoms with Gasteiger partial charge in [0.1, 0.15) is 0 Å². The molecule has 0 saturated carbocycles. The second kappa shape index (κ2) is 7.66. The van der Waals surface area contributed by atoms with E-state index >= 15 is 0 Å². The molecule has 1 amide bonds. The number of carbonyl (C=O) groups excluding carboxylic acids is 1. The number of benzene rings is 1. The maximum Gasteiger partial charge on any atom is 0.242 e. The third kappa shape index (κ3) is 4.11. The first-order valence-corrected chi connectivity index (χ1v) is 7.98. The topological polar surface area (TPSA) is 35.6 Å². The number of rotatable bonds is 6. The van der Waals surface area contributed by atoms with Gasteiger partial charge in [-0.05, 0) is 31.5 Å². The fourth-order valence-electron chi connectivity index (χ4n) is 2.68. The van der Waals surface area contributed by atoms with Crippen LogP contribution in [0.1, 0.15) is 25.3 Å². The van der Waals surface area contributed by atoms with Crippen molar-refractivity contribution in [1.29, 1.82) is 0 Å². The van der Waals surface area contributed by atoms with Gasteiger partial charge < -0.3 is 15.1 Å². The molecule has 1 saturated heterocycles. The van der Waals surface area contributed by atoms with E-state index in [1.54, 1.807) is 0 Å². The van der Waals surface area contributed by atoms with Gasteiger partial charge in [-0.25, -0.2) is 0 Å². The molecule has 116 valence electrons. The van der Waals surface area contributed by atoms with E-state index in [4.69, 9.17) is 11.6 Å². The highest BCUT2D eigenvalue weighted by atomic mass is 35.5. The average Bonchev–Trinajstić information content (AvgIpc) is 3.00. The lowest BCUT2D eigenvalue weighted by molar-refractivity contribution is -0.128. The Morgan fingerprint density at radius 3 is 2.76 bits per heavy atom. The van der Waals surface area contributed by atoms with Crippen molar-refractivity contribution >= 4 is 23.2 Å². The number of amides is 1. The predicted molar refractivity (Wildman–Crippen MR) is 87.9 cm³/mol. The Labute approximate surface area is 132 Å². The van der Waals surface area contributed by atoms with Crippen LogP contribution in [0, 0.1) is 0 Å². The third-order valence-electron chi connectivity index (χ3n) is 3.89. The number of likely N-dealkylation sites (N-methyl/N-ethyl adjacent to an activating group) is 1. The summed E-state index contributed by atoms with van der Waals surface area (Å²) >= 11 is 6.31. The molecular weight excluding hydrogens is 286 g/mol. The van der Waals surface area contributed by atoms with Crippen molar-refractivity contribution < 1.29 is 4.79 Å². The maximum absolute atomic E-state index is 12.3. The molecule has 2 rings (SSSR count). The monoisotopic (exact) mass is 309 g/mol. The van der Waals surface area contributed by atoms with Gasteiger partial charge in [-0.1, -0.05) is 24.6 Å². The van der Waals surface area contributed by atoms with Crippen molar-refractivity contribution in [2.45, 2.75) is 26.3 Å². The van der Waals surface area contributed by atoms with Gasteiger partial charge in [0.25, 0.3) is 0 Å². The van der Waals surface area contributed by atoms with Crippen LogP contribution in [0.3, 0.4) is 0 Å². The summed E-state index contributed by atoms with van der Waals surface area (Å²) in [4.78, 5) is 16.2. The van der Waals surface area contributed by atoms with Crippen LogP contribution in [0.4, 0.5) is 5.69 Å². The van der Waals surface area contributed by atoms with Gasteiger partial charge in [-0.2, -0.15) is 0 Å². The van der Waals surface area contributed by atoms with E-state index in [9.17, 15) is 4.79 Å². The maximum atomic E-state index is 12.3. The zero-order chi connectivity index (χ0) is 15.2. The standard InChI is InChI=1S/C16H24ClN3O/c1-3-18-11-13-14(17)7-6-8-15(13)19(2)12-16(21)20-9-4-5-10-20/h6-8,18H,3-5,9-12H2,1-2H3. The summed E-state index contributed by atoms with van der Waals surface area (Å²) in [5.41, 5.74) is 2.08. The number of likely N-dealkylation sites (tertiary alicyclic amines) is 1. The molecule has 0 unspecified atom stereocenters. The van der Waals surface area contributed by atoms with E-state index in [1.165, 1.54) is 0 Å². The highest BCUT2D eigenvalue weighted by molar-refractivity contribution is 6.31. The Morgan fingerprint density at radius 1 is 1.38 bits per heavy atom. The molecule has 1 aliphatic rings. The molecule has 21 heavy (non-hydrogen) atoms. The zero-order valence-electron chi connectivity index (χ0n) is 12.9. The van der Waals surface area contributed by atoms with E-state index in [0.717, 1.165) is 48.7 Å². The Hall–Kier alpha value is -1.26. The highest BCUT2D eigenvalue weighted by Crippen LogP contribution is 2.27. The summed E-state index contributed by atoms with van der Waals surface area (Å²) in [6, 6.07) is 5.85. The normalized spacial score (nSPS) is 14.5. The molecule has 0 radical (unpaired) electrons. The molecule has 4 nitrogen and oxygen atoms in total.